The fourth-order valence-electron chi connectivity index (χ4n) is 3.50. The van der Waals surface area contributed by atoms with Gasteiger partial charge in [0.2, 0.25) is 0 Å². The van der Waals surface area contributed by atoms with Gasteiger partial charge in [-0.2, -0.15) is 13.2 Å². The number of nitrogens with zero attached hydrogens (tertiary/aromatic N) is 2. The van der Waals surface area contributed by atoms with Crippen molar-refractivity contribution in [1.29, 1.82) is 0 Å². The van der Waals surface area contributed by atoms with Gasteiger partial charge in [0, 0.05) is 25.0 Å². The van der Waals surface area contributed by atoms with Gasteiger partial charge in [-0.25, -0.2) is 9.78 Å². The lowest BCUT2D eigenvalue weighted by atomic mass is 9.97. The first-order chi connectivity index (χ1) is 16.2. The average molecular weight is 479 g/mol. The summed E-state index contributed by atoms with van der Waals surface area (Å²) in [5, 5.41) is 2.69. The molecule has 0 aliphatic carbocycles. The second kappa shape index (κ2) is 11.0. The first kappa shape index (κ1) is 25.0. The molecule has 1 amide bonds. The predicted octanol–water partition coefficient (Wildman–Crippen LogP) is 3.80. The molecule has 0 spiro atoms. The number of hydrogen-bond donors (Lipinski definition) is 1. The minimum absolute atomic E-state index is 0.00507. The monoisotopic (exact) mass is 479 g/mol. The Bertz CT molecular complexity index is 1040. The van der Waals surface area contributed by atoms with Gasteiger partial charge in [-0.3, -0.25) is 9.59 Å². The maximum absolute atomic E-state index is 13.0. The Kier molecular flexibility index (Phi) is 8.08. The quantitative estimate of drug-likeness (QED) is 0.603. The van der Waals surface area contributed by atoms with E-state index in [4.69, 9.17) is 9.47 Å². The van der Waals surface area contributed by atoms with E-state index >= 15 is 0 Å². The zero-order valence-corrected chi connectivity index (χ0v) is 18.4. The summed E-state index contributed by atoms with van der Waals surface area (Å²) in [6.07, 6.45) is -2.22. The Hall–Kier alpha value is -3.63. The summed E-state index contributed by atoms with van der Waals surface area (Å²) in [6, 6.07) is 7.32. The summed E-state index contributed by atoms with van der Waals surface area (Å²) in [5.74, 6) is -1.80. The second-order valence-corrected chi connectivity index (χ2v) is 7.59. The van der Waals surface area contributed by atoms with Crippen LogP contribution in [0.1, 0.15) is 35.7 Å². The van der Waals surface area contributed by atoms with Crippen LogP contribution in [-0.2, 0) is 25.2 Å². The molecule has 0 saturated carbocycles. The number of carbonyl (C=O) groups is 3. The molecule has 1 fully saturated rings. The SMILES string of the molecule is CCOC(=O)C1CCN(C(=O)COC(=O)c2cccnc2Nc2cccc(C(F)(F)F)c2)CC1. The molecule has 11 heteroatoms. The molecule has 1 N–H and O–H groups in total. The fourth-order valence-corrected chi connectivity index (χ4v) is 3.50. The predicted molar refractivity (Wildman–Crippen MR) is 115 cm³/mol. The van der Waals surface area contributed by atoms with Crippen LogP contribution in [0.25, 0.3) is 0 Å². The van der Waals surface area contributed by atoms with Crippen molar-refractivity contribution in [2.45, 2.75) is 25.9 Å². The number of halogens is 3. The number of ether oxygens (including phenoxy) is 2. The molecule has 2 aromatic rings. The summed E-state index contributed by atoms with van der Waals surface area (Å²) in [7, 11) is 0. The highest BCUT2D eigenvalue weighted by Crippen LogP contribution is 2.31. The van der Waals surface area contributed by atoms with E-state index < -0.39 is 30.2 Å². The minimum Gasteiger partial charge on any atom is -0.466 e. The van der Waals surface area contributed by atoms with Gasteiger partial charge >= 0.3 is 18.1 Å². The van der Waals surface area contributed by atoms with Crippen molar-refractivity contribution in [1.82, 2.24) is 9.88 Å². The smallest absolute Gasteiger partial charge is 0.416 e. The molecule has 2 heterocycles. The van der Waals surface area contributed by atoms with Crippen LogP contribution in [0.4, 0.5) is 24.7 Å². The van der Waals surface area contributed by atoms with Crippen molar-refractivity contribution >= 4 is 29.4 Å². The largest absolute Gasteiger partial charge is 0.466 e. The van der Waals surface area contributed by atoms with Crippen molar-refractivity contribution < 1.29 is 37.0 Å². The molecule has 34 heavy (non-hydrogen) atoms. The first-order valence-electron chi connectivity index (χ1n) is 10.7. The van der Waals surface area contributed by atoms with Crippen LogP contribution in [0.5, 0.6) is 0 Å². The lowest BCUT2D eigenvalue weighted by Gasteiger charge is -2.30. The Morgan fingerprint density at radius 3 is 2.53 bits per heavy atom. The lowest BCUT2D eigenvalue weighted by Crippen LogP contribution is -2.42. The molecule has 1 aliphatic rings. The minimum atomic E-state index is -4.52. The van der Waals surface area contributed by atoms with Gasteiger partial charge in [-0.05, 0) is 50.1 Å². The topological polar surface area (TPSA) is 97.8 Å². The Morgan fingerprint density at radius 2 is 1.85 bits per heavy atom. The van der Waals surface area contributed by atoms with Gasteiger partial charge in [0.15, 0.2) is 6.61 Å². The third kappa shape index (κ3) is 6.46. The molecule has 1 aliphatic heterocycles. The number of nitrogens with one attached hydrogen (secondary N) is 1. The third-order valence-electron chi connectivity index (χ3n) is 5.27. The molecule has 182 valence electrons. The van der Waals surface area contributed by atoms with Crippen molar-refractivity contribution in [3.63, 3.8) is 0 Å². The molecule has 8 nitrogen and oxygen atoms in total. The average Bonchev–Trinajstić information content (AvgIpc) is 2.82. The molecule has 3 rings (SSSR count). The van der Waals surface area contributed by atoms with Crippen LogP contribution >= 0.6 is 0 Å². The van der Waals surface area contributed by atoms with Gasteiger partial charge in [-0.1, -0.05) is 6.07 Å². The molecule has 1 aromatic carbocycles. The van der Waals surface area contributed by atoms with Gasteiger partial charge in [0.05, 0.1) is 18.1 Å². The number of anilines is 2. The van der Waals surface area contributed by atoms with E-state index in [2.05, 4.69) is 10.3 Å². The highest BCUT2D eigenvalue weighted by Gasteiger charge is 2.31. The summed E-state index contributed by atoms with van der Waals surface area (Å²) in [6.45, 7) is 2.20. The van der Waals surface area contributed by atoms with Crippen LogP contribution in [0.2, 0.25) is 0 Å². The number of esters is 2. The molecule has 1 aromatic heterocycles. The number of piperidine rings is 1. The molecule has 0 radical (unpaired) electrons. The zero-order chi connectivity index (χ0) is 24.7. The van der Waals surface area contributed by atoms with Crippen molar-refractivity contribution in [2.75, 3.05) is 31.6 Å². The van der Waals surface area contributed by atoms with Crippen molar-refractivity contribution in [2.24, 2.45) is 5.92 Å². The standard InChI is InChI=1S/C23H24F3N3O5/c1-2-33-21(31)15-8-11-29(12-9-15)19(30)14-34-22(32)18-7-4-10-27-20(18)28-17-6-3-5-16(13-17)23(24,25)26/h3-7,10,13,15H,2,8-9,11-12,14H2,1H3,(H,27,28). The molecular formula is C23H24F3N3O5. The molecule has 1 saturated heterocycles. The van der Waals surface area contributed by atoms with E-state index in [0.29, 0.717) is 32.5 Å². The normalized spacial score (nSPS) is 14.4. The Morgan fingerprint density at radius 1 is 1.12 bits per heavy atom. The van der Waals surface area contributed by atoms with E-state index in [1.54, 1.807) is 6.92 Å². The maximum Gasteiger partial charge on any atom is 0.416 e. The van der Waals surface area contributed by atoms with Gasteiger partial charge in [0.1, 0.15) is 11.4 Å². The number of aromatic nitrogens is 1. The Balaban J connectivity index is 1.58. The van der Waals surface area contributed by atoms with Crippen LogP contribution in [0.15, 0.2) is 42.6 Å². The Labute approximate surface area is 194 Å². The summed E-state index contributed by atoms with van der Waals surface area (Å²) >= 11 is 0. The molecular weight excluding hydrogens is 455 g/mol. The lowest BCUT2D eigenvalue weighted by molar-refractivity contribution is -0.151. The van der Waals surface area contributed by atoms with E-state index in [9.17, 15) is 27.6 Å². The first-order valence-corrected chi connectivity index (χ1v) is 10.7. The highest BCUT2D eigenvalue weighted by molar-refractivity contribution is 5.96. The second-order valence-electron chi connectivity index (χ2n) is 7.59. The highest BCUT2D eigenvalue weighted by atomic mass is 19.4. The fraction of sp³-hybridized carbons (Fsp3) is 0.391. The van der Waals surface area contributed by atoms with Crippen molar-refractivity contribution in [3.05, 3.63) is 53.7 Å². The molecule has 0 atom stereocenters. The van der Waals surface area contributed by atoms with Gasteiger partial charge < -0.3 is 19.7 Å². The zero-order valence-electron chi connectivity index (χ0n) is 18.4. The van der Waals surface area contributed by atoms with Crippen LogP contribution in [0.3, 0.4) is 0 Å². The number of benzene rings is 1. The maximum atomic E-state index is 13.0. The number of rotatable bonds is 7. The van der Waals surface area contributed by atoms with Crippen molar-refractivity contribution in [3.8, 4) is 0 Å². The number of amides is 1. The van der Waals surface area contributed by atoms with Crippen LogP contribution in [0, 0.1) is 5.92 Å². The van der Waals surface area contributed by atoms with E-state index in [0.717, 1.165) is 12.1 Å². The number of likely N-dealkylation sites (tertiary alicyclic amines) is 1. The third-order valence-corrected chi connectivity index (χ3v) is 5.27. The van der Waals surface area contributed by atoms with Gasteiger partial charge in [-0.15, -0.1) is 0 Å². The number of pyridine rings is 1. The van der Waals surface area contributed by atoms with E-state index in [1.807, 2.05) is 0 Å². The summed E-state index contributed by atoms with van der Waals surface area (Å²) in [5.41, 5.74) is -0.799. The van der Waals surface area contributed by atoms with Crippen LogP contribution < -0.4 is 5.32 Å². The number of alkyl halides is 3. The van der Waals surface area contributed by atoms with Gasteiger partial charge in [0.25, 0.3) is 5.91 Å². The number of hydrogen-bond acceptors (Lipinski definition) is 7. The molecule has 0 unspecified atom stereocenters. The molecule has 0 bridgehead atoms. The number of carbonyl (C=O) groups excluding carboxylic acids is 3. The van der Waals surface area contributed by atoms with E-state index in [1.165, 1.54) is 35.4 Å². The summed E-state index contributed by atoms with van der Waals surface area (Å²) in [4.78, 5) is 42.3. The van der Waals surface area contributed by atoms with Crippen LogP contribution in [-0.4, -0.2) is 54.0 Å². The summed E-state index contributed by atoms with van der Waals surface area (Å²) < 4.78 is 49.0. The van der Waals surface area contributed by atoms with E-state index in [-0.39, 0.29) is 29.0 Å².